The zero-order valence-corrected chi connectivity index (χ0v) is 8.23. The van der Waals surface area contributed by atoms with E-state index in [1.165, 1.54) is 6.07 Å². The van der Waals surface area contributed by atoms with Crippen LogP contribution in [0.2, 0.25) is 0 Å². The Balaban J connectivity index is 2.83. The molecule has 0 aromatic heterocycles. The van der Waals surface area contributed by atoms with Crippen LogP contribution in [0, 0.1) is 0 Å². The predicted octanol–water partition coefficient (Wildman–Crippen LogP) is 1.90. The van der Waals surface area contributed by atoms with E-state index in [0.29, 0.717) is 11.8 Å². The van der Waals surface area contributed by atoms with Crippen molar-refractivity contribution in [2.24, 2.45) is 4.99 Å². The van der Waals surface area contributed by atoms with Crippen molar-refractivity contribution in [2.75, 3.05) is 6.54 Å². The summed E-state index contributed by atoms with van der Waals surface area (Å²) in [5, 5.41) is 0.741. The number of halogens is 3. The topological polar surface area (TPSA) is 12.4 Å². The Kier molecular flexibility index (Phi) is 2.29. The zero-order valence-electron chi connectivity index (χ0n) is 8.23. The molecular formula is C11H10F3N. The molecule has 80 valence electrons. The molecule has 2 rings (SSSR count). The van der Waals surface area contributed by atoms with Gasteiger partial charge in [0.15, 0.2) is 0 Å². The Morgan fingerprint density at radius 1 is 1.27 bits per heavy atom. The van der Waals surface area contributed by atoms with Crippen LogP contribution in [0.25, 0.3) is 5.57 Å². The van der Waals surface area contributed by atoms with Gasteiger partial charge in [0.05, 0.1) is 10.9 Å². The molecule has 0 N–H and O–H groups in total. The maximum atomic E-state index is 12.6. The second-order valence-corrected chi connectivity index (χ2v) is 3.61. The lowest BCUT2D eigenvalue weighted by Crippen LogP contribution is -2.36. The van der Waals surface area contributed by atoms with Gasteiger partial charge in [-0.25, -0.2) is 0 Å². The third-order valence-electron chi connectivity index (χ3n) is 2.56. The van der Waals surface area contributed by atoms with Crippen LogP contribution in [0.1, 0.15) is 18.9 Å². The van der Waals surface area contributed by atoms with Gasteiger partial charge in [0.25, 0.3) is 0 Å². The Morgan fingerprint density at radius 2 is 2.00 bits per heavy atom. The Labute approximate surface area is 85.0 Å². The minimum Gasteiger partial charge on any atom is -0.284 e. The molecule has 1 heterocycles. The molecule has 4 heteroatoms. The van der Waals surface area contributed by atoms with E-state index in [9.17, 15) is 13.2 Å². The van der Waals surface area contributed by atoms with E-state index in [4.69, 9.17) is 0 Å². The summed E-state index contributed by atoms with van der Waals surface area (Å²) in [5.74, 6) is 0. The molecule has 0 saturated heterocycles. The van der Waals surface area contributed by atoms with Gasteiger partial charge in [0, 0.05) is 6.54 Å². The van der Waals surface area contributed by atoms with Crippen molar-refractivity contribution >= 4 is 5.57 Å². The zero-order chi connectivity index (χ0) is 11.1. The van der Waals surface area contributed by atoms with Gasteiger partial charge in [-0.15, -0.1) is 0 Å². The molecule has 0 unspecified atom stereocenters. The Hall–Kier alpha value is -1.32. The van der Waals surface area contributed by atoms with Gasteiger partial charge >= 0.3 is 6.18 Å². The van der Waals surface area contributed by atoms with Crippen LogP contribution in [0.4, 0.5) is 13.2 Å². The monoisotopic (exact) mass is 213 g/mol. The second-order valence-electron chi connectivity index (χ2n) is 3.61. The van der Waals surface area contributed by atoms with E-state index in [-0.39, 0.29) is 5.36 Å². The van der Waals surface area contributed by atoms with Gasteiger partial charge in [-0.05, 0) is 24.6 Å². The molecule has 0 spiro atoms. The third-order valence-corrected chi connectivity index (χ3v) is 2.56. The summed E-state index contributed by atoms with van der Waals surface area (Å²) in [6.07, 6.45) is -3.57. The maximum absolute atomic E-state index is 12.6. The molecule has 0 saturated carbocycles. The quantitative estimate of drug-likeness (QED) is 0.624. The Bertz CT molecular complexity index is 500. The number of nitrogens with zero attached hydrogens (tertiary/aromatic N) is 1. The van der Waals surface area contributed by atoms with Crippen molar-refractivity contribution < 1.29 is 13.2 Å². The summed E-state index contributed by atoms with van der Waals surface area (Å²) in [6.45, 7) is 2.31. The third kappa shape index (κ3) is 1.76. The summed E-state index contributed by atoms with van der Waals surface area (Å²) in [6, 6.07) is 4.22. The summed E-state index contributed by atoms with van der Waals surface area (Å²) >= 11 is 0. The van der Waals surface area contributed by atoms with Gasteiger partial charge in [0.1, 0.15) is 0 Å². The standard InChI is InChI=1S/C11H10F3N/c1-7-5-6-15-10-8(7)3-2-4-9(10)11(12,13)14/h2-4H,5-6H2,1H3. The normalized spacial score (nSPS) is 15.9. The lowest BCUT2D eigenvalue weighted by Gasteiger charge is -2.11. The number of alkyl halides is 3. The first kappa shape index (κ1) is 10.2. The highest BCUT2D eigenvalue weighted by Crippen LogP contribution is 2.26. The van der Waals surface area contributed by atoms with Gasteiger partial charge in [-0.2, -0.15) is 13.2 Å². The molecule has 1 aromatic carbocycles. The van der Waals surface area contributed by atoms with Crippen LogP contribution < -0.4 is 10.6 Å². The molecule has 15 heavy (non-hydrogen) atoms. The maximum Gasteiger partial charge on any atom is 0.418 e. The van der Waals surface area contributed by atoms with Crippen LogP contribution in [-0.4, -0.2) is 6.54 Å². The minimum absolute atomic E-state index is 0.105. The lowest BCUT2D eigenvalue weighted by atomic mass is 10.0. The van der Waals surface area contributed by atoms with E-state index in [2.05, 4.69) is 4.99 Å². The summed E-state index contributed by atoms with van der Waals surface area (Å²) in [5.41, 5.74) is 0.352. The molecule has 1 aliphatic rings. The molecule has 0 atom stereocenters. The molecule has 0 aliphatic carbocycles. The predicted molar refractivity (Wildman–Crippen MR) is 50.8 cm³/mol. The van der Waals surface area contributed by atoms with Crippen LogP contribution >= 0.6 is 0 Å². The fraction of sp³-hybridized carbons (Fsp3) is 0.364. The second kappa shape index (κ2) is 3.36. The number of hydrogen-bond donors (Lipinski definition) is 0. The molecule has 1 aromatic rings. The fourth-order valence-electron chi connectivity index (χ4n) is 1.76. The molecule has 0 amide bonds. The van der Waals surface area contributed by atoms with E-state index < -0.39 is 11.7 Å². The average molecular weight is 213 g/mol. The molecule has 1 aliphatic heterocycles. The van der Waals surface area contributed by atoms with Crippen molar-refractivity contribution in [1.82, 2.24) is 0 Å². The first-order chi connectivity index (χ1) is 7.00. The highest BCUT2D eigenvalue weighted by Gasteiger charge is 2.32. The van der Waals surface area contributed by atoms with Crippen LogP contribution in [-0.2, 0) is 6.18 Å². The first-order valence-electron chi connectivity index (χ1n) is 4.70. The van der Waals surface area contributed by atoms with Gasteiger partial charge in [0.2, 0.25) is 0 Å². The summed E-state index contributed by atoms with van der Waals surface area (Å²) < 4.78 is 37.9. The van der Waals surface area contributed by atoms with Crippen LogP contribution in [0.15, 0.2) is 23.2 Å². The largest absolute Gasteiger partial charge is 0.418 e. The highest BCUT2D eigenvalue weighted by atomic mass is 19.4. The number of fused-ring (bicyclic) bond motifs is 1. The number of hydrogen-bond acceptors (Lipinski definition) is 1. The number of benzene rings is 1. The summed E-state index contributed by atoms with van der Waals surface area (Å²) in [7, 11) is 0. The van der Waals surface area contributed by atoms with Crippen molar-refractivity contribution in [3.05, 3.63) is 34.3 Å². The van der Waals surface area contributed by atoms with Crippen LogP contribution in [0.3, 0.4) is 0 Å². The van der Waals surface area contributed by atoms with Crippen molar-refractivity contribution in [3.63, 3.8) is 0 Å². The van der Waals surface area contributed by atoms with E-state index in [1.807, 2.05) is 6.92 Å². The van der Waals surface area contributed by atoms with Crippen molar-refractivity contribution in [2.45, 2.75) is 19.5 Å². The first-order valence-corrected chi connectivity index (χ1v) is 4.70. The van der Waals surface area contributed by atoms with E-state index in [1.54, 1.807) is 6.07 Å². The minimum atomic E-state index is -4.31. The smallest absolute Gasteiger partial charge is 0.284 e. The summed E-state index contributed by atoms with van der Waals surface area (Å²) in [4.78, 5) is 3.97. The fourth-order valence-corrected chi connectivity index (χ4v) is 1.76. The highest BCUT2D eigenvalue weighted by molar-refractivity contribution is 5.44. The average Bonchev–Trinajstić information content (AvgIpc) is 2.16. The van der Waals surface area contributed by atoms with E-state index >= 15 is 0 Å². The number of rotatable bonds is 0. The molecule has 0 bridgehead atoms. The number of para-hydroxylation sites is 1. The molecule has 1 nitrogen and oxygen atoms in total. The van der Waals surface area contributed by atoms with E-state index in [0.717, 1.165) is 18.1 Å². The van der Waals surface area contributed by atoms with Gasteiger partial charge in [-0.3, -0.25) is 4.99 Å². The van der Waals surface area contributed by atoms with Crippen molar-refractivity contribution in [3.8, 4) is 0 Å². The van der Waals surface area contributed by atoms with Crippen molar-refractivity contribution in [1.29, 1.82) is 0 Å². The Morgan fingerprint density at radius 3 is 2.67 bits per heavy atom. The molecule has 0 radical (unpaired) electrons. The SMILES string of the molecule is CC1=c2cccc(C(F)(F)F)c2=NCC1. The molecular weight excluding hydrogens is 203 g/mol. The molecule has 0 fully saturated rings. The lowest BCUT2D eigenvalue weighted by molar-refractivity contribution is -0.138. The van der Waals surface area contributed by atoms with Gasteiger partial charge in [-0.1, -0.05) is 17.7 Å². The van der Waals surface area contributed by atoms with Crippen LogP contribution in [0.5, 0.6) is 0 Å². The van der Waals surface area contributed by atoms with Gasteiger partial charge < -0.3 is 0 Å².